The van der Waals surface area contributed by atoms with E-state index in [2.05, 4.69) is 4.98 Å². The number of primary amides is 1. The summed E-state index contributed by atoms with van der Waals surface area (Å²) in [6, 6.07) is 1.79. The van der Waals surface area contributed by atoms with Crippen LogP contribution in [0, 0.1) is 13.8 Å². The highest BCUT2D eigenvalue weighted by Crippen LogP contribution is 2.22. The van der Waals surface area contributed by atoms with Gasteiger partial charge < -0.3 is 15.7 Å². The normalized spacial score (nSPS) is 10.3. The molecule has 1 aromatic heterocycles. The number of carbonyl (C=O) groups is 2. The van der Waals surface area contributed by atoms with Crippen molar-refractivity contribution in [3.05, 3.63) is 22.9 Å². The molecule has 0 saturated carbocycles. The highest BCUT2D eigenvalue weighted by molar-refractivity contribution is 5.99. The Morgan fingerprint density at radius 1 is 1.42 bits per heavy atom. The molecule has 1 amide bonds. The fourth-order valence-electron chi connectivity index (χ4n) is 1.99. The second-order valence-corrected chi connectivity index (χ2v) is 4.37. The Morgan fingerprint density at radius 2 is 2.05 bits per heavy atom. The third kappa shape index (κ3) is 3.67. The number of anilines is 1. The second-order valence-electron chi connectivity index (χ2n) is 4.37. The molecule has 6 heteroatoms. The number of carboxylic acids is 1. The Morgan fingerprint density at radius 3 is 2.53 bits per heavy atom. The van der Waals surface area contributed by atoms with E-state index in [1.165, 1.54) is 0 Å². The van der Waals surface area contributed by atoms with Gasteiger partial charge in [0.2, 0.25) is 0 Å². The summed E-state index contributed by atoms with van der Waals surface area (Å²) in [5, 5.41) is 8.75. The number of rotatable bonds is 6. The molecular weight excluding hydrogens is 246 g/mol. The largest absolute Gasteiger partial charge is 0.481 e. The Balaban J connectivity index is 3.21. The molecule has 0 aliphatic rings. The van der Waals surface area contributed by atoms with Crippen molar-refractivity contribution in [2.45, 2.75) is 27.2 Å². The molecule has 6 nitrogen and oxygen atoms in total. The first kappa shape index (κ1) is 14.9. The predicted molar refractivity (Wildman–Crippen MR) is 72.4 cm³/mol. The Hall–Kier alpha value is -2.11. The van der Waals surface area contributed by atoms with Crippen LogP contribution in [0.15, 0.2) is 6.07 Å². The van der Waals surface area contributed by atoms with Gasteiger partial charge >= 0.3 is 5.97 Å². The van der Waals surface area contributed by atoms with Gasteiger partial charge in [-0.15, -0.1) is 0 Å². The van der Waals surface area contributed by atoms with Crippen LogP contribution in [-0.2, 0) is 4.79 Å². The Labute approximate surface area is 112 Å². The fraction of sp³-hybridized carbons (Fsp3) is 0.462. The van der Waals surface area contributed by atoms with E-state index in [-0.39, 0.29) is 6.42 Å². The van der Waals surface area contributed by atoms with E-state index in [1.807, 2.05) is 13.8 Å². The first-order valence-electron chi connectivity index (χ1n) is 6.11. The van der Waals surface area contributed by atoms with Crippen molar-refractivity contribution >= 4 is 17.7 Å². The van der Waals surface area contributed by atoms with Gasteiger partial charge in [0.25, 0.3) is 5.91 Å². The first-order valence-corrected chi connectivity index (χ1v) is 6.11. The number of nitrogens with two attached hydrogens (primary N) is 1. The quantitative estimate of drug-likeness (QED) is 0.802. The Bertz CT molecular complexity index is 500. The van der Waals surface area contributed by atoms with Crippen LogP contribution in [0.4, 0.5) is 5.82 Å². The lowest BCUT2D eigenvalue weighted by atomic mass is 10.1. The lowest BCUT2D eigenvalue weighted by Gasteiger charge is -2.24. The van der Waals surface area contributed by atoms with Gasteiger partial charge in [0.15, 0.2) is 0 Å². The molecule has 0 aliphatic heterocycles. The number of carboxylic acid groups (broad SMARTS) is 1. The van der Waals surface area contributed by atoms with E-state index < -0.39 is 11.9 Å². The molecule has 3 N–H and O–H groups in total. The van der Waals surface area contributed by atoms with Crippen LogP contribution in [-0.4, -0.2) is 35.1 Å². The Kier molecular flexibility index (Phi) is 4.86. The minimum absolute atomic E-state index is 0.0132. The maximum atomic E-state index is 11.6. The monoisotopic (exact) mass is 265 g/mol. The topological polar surface area (TPSA) is 96.5 Å². The third-order valence-corrected chi connectivity index (χ3v) is 2.85. The fourth-order valence-corrected chi connectivity index (χ4v) is 1.99. The molecule has 104 valence electrons. The number of pyridine rings is 1. The molecule has 0 saturated heterocycles. The van der Waals surface area contributed by atoms with Crippen molar-refractivity contribution in [1.29, 1.82) is 0 Å². The summed E-state index contributed by atoms with van der Waals surface area (Å²) in [6.45, 7) is 6.35. The van der Waals surface area contributed by atoms with Gasteiger partial charge in [-0.1, -0.05) is 0 Å². The van der Waals surface area contributed by atoms with E-state index in [9.17, 15) is 9.59 Å². The molecule has 1 aromatic rings. The minimum Gasteiger partial charge on any atom is -0.481 e. The molecule has 1 heterocycles. The number of hydrogen-bond acceptors (Lipinski definition) is 4. The third-order valence-electron chi connectivity index (χ3n) is 2.85. The average molecular weight is 265 g/mol. The van der Waals surface area contributed by atoms with E-state index >= 15 is 0 Å². The highest BCUT2D eigenvalue weighted by Gasteiger charge is 2.19. The van der Waals surface area contributed by atoms with Gasteiger partial charge in [-0.2, -0.15) is 0 Å². The van der Waals surface area contributed by atoms with Crippen molar-refractivity contribution in [1.82, 2.24) is 4.98 Å². The van der Waals surface area contributed by atoms with Crippen molar-refractivity contribution in [3.8, 4) is 0 Å². The molecule has 19 heavy (non-hydrogen) atoms. The first-order chi connectivity index (χ1) is 8.86. The summed E-state index contributed by atoms with van der Waals surface area (Å²) in [5.74, 6) is -0.967. The SMILES string of the molecule is CCN(CCC(=O)O)c1nc(C)cc(C)c1C(N)=O. The van der Waals surface area contributed by atoms with Gasteiger partial charge in [-0.3, -0.25) is 9.59 Å². The van der Waals surface area contributed by atoms with Crippen LogP contribution in [0.25, 0.3) is 0 Å². The molecule has 0 spiro atoms. The molecule has 0 unspecified atom stereocenters. The van der Waals surface area contributed by atoms with Crippen molar-refractivity contribution in [2.75, 3.05) is 18.0 Å². The van der Waals surface area contributed by atoms with Gasteiger partial charge in [0.05, 0.1) is 12.0 Å². The van der Waals surface area contributed by atoms with Gasteiger partial charge in [-0.25, -0.2) is 4.98 Å². The highest BCUT2D eigenvalue weighted by atomic mass is 16.4. The van der Waals surface area contributed by atoms with Crippen LogP contribution >= 0.6 is 0 Å². The minimum atomic E-state index is -0.886. The van der Waals surface area contributed by atoms with Gasteiger partial charge in [-0.05, 0) is 32.4 Å². The predicted octanol–water partition coefficient (Wildman–Crippen LogP) is 1.10. The number of amides is 1. The zero-order chi connectivity index (χ0) is 14.6. The molecule has 0 fully saturated rings. The number of aromatic nitrogens is 1. The number of nitrogens with zero attached hydrogens (tertiary/aromatic N) is 2. The van der Waals surface area contributed by atoms with Crippen molar-refractivity contribution < 1.29 is 14.7 Å². The average Bonchev–Trinajstić information content (AvgIpc) is 2.27. The summed E-state index contributed by atoms with van der Waals surface area (Å²) in [7, 11) is 0. The summed E-state index contributed by atoms with van der Waals surface area (Å²) in [6.07, 6.45) is -0.0132. The zero-order valence-corrected chi connectivity index (χ0v) is 11.4. The van der Waals surface area contributed by atoms with Crippen LogP contribution in [0.5, 0.6) is 0 Å². The molecule has 1 rings (SSSR count). The van der Waals surface area contributed by atoms with Crippen molar-refractivity contribution in [3.63, 3.8) is 0 Å². The lowest BCUT2D eigenvalue weighted by Crippen LogP contribution is -2.30. The number of aliphatic carboxylic acids is 1. The molecule has 0 bridgehead atoms. The van der Waals surface area contributed by atoms with E-state index in [0.29, 0.717) is 24.5 Å². The lowest BCUT2D eigenvalue weighted by molar-refractivity contribution is -0.136. The van der Waals surface area contributed by atoms with E-state index in [1.54, 1.807) is 17.9 Å². The number of aryl methyl sites for hydroxylation is 2. The molecule has 0 atom stereocenters. The zero-order valence-electron chi connectivity index (χ0n) is 11.4. The number of carbonyl (C=O) groups excluding carboxylic acids is 1. The van der Waals surface area contributed by atoms with E-state index in [0.717, 1.165) is 11.3 Å². The van der Waals surface area contributed by atoms with Gasteiger partial charge in [0, 0.05) is 18.8 Å². The van der Waals surface area contributed by atoms with Crippen LogP contribution < -0.4 is 10.6 Å². The number of hydrogen-bond donors (Lipinski definition) is 2. The summed E-state index contributed by atoms with van der Waals surface area (Å²) >= 11 is 0. The summed E-state index contributed by atoms with van der Waals surface area (Å²) in [5.41, 5.74) is 7.27. The maximum Gasteiger partial charge on any atom is 0.305 e. The molecule has 0 aliphatic carbocycles. The van der Waals surface area contributed by atoms with Crippen LogP contribution in [0.2, 0.25) is 0 Å². The van der Waals surface area contributed by atoms with Crippen molar-refractivity contribution in [2.24, 2.45) is 5.73 Å². The van der Waals surface area contributed by atoms with Crippen LogP contribution in [0.1, 0.15) is 35.0 Å². The van der Waals surface area contributed by atoms with Gasteiger partial charge in [0.1, 0.15) is 5.82 Å². The second kappa shape index (κ2) is 6.17. The summed E-state index contributed by atoms with van der Waals surface area (Å²) in [4.78, 5) is 28.3. The molecule has 0 aromatic carbocycles. The summed E-state index contributed by atoms with van der Waals surface area (Å²) < 4.78 is 0. The standard InChI is InChI=1S/C13H19N3O3/c1-4-16(6-5-10(17)18)13-11(12(14)19)8(2)7-9(3)15-13/h7H,4-6H2,1-3H3,(H2,14,19)(H,17,18). The van der Waals surface area contributed by atoms with E-state index in [4.69, 9.17) is 10.8 Å². The van der Waals surface area contributed by atoms with Crippen LogP contribution in [0.3, 0.4) is 0 Å². The molecule has 0 radical (unpaired) electrons. The maximum absolute atomic E-state index is 11.6. The smallest absolute Gasteiger partial charge is 0.305 e. The molecular formula is C13H19N3O3.